The molecule has 0 radical (unpaired) electrons. The molecule has 33 heavy (non-hydrogen) atoms. The lowest BCUT2D eigenvalue weighted by atomic mass is 9.84. The Morgan fingerprint density at radius 1 is 1.09 bits per heavy atom. The zero-order valence-electron chi connectivity index (χ0n) is 18.7. The van der Waals surface area contributed by atoms with Crippen molar-refractivity contribution in [1.29, 1.82) is 0 Å². The highest BCUT2D eigenvalue weighted by atomic mass is 35.5. The highest BCUT2D eigenvalue weighted by Gasteiger charge is 2.30. The lowest BCUT2D eigenvalue weighted by molar-refractivity contribution is -0.121. The number of likely N-dealkylation sites (N-methyl/N-ethyl adjacent to an activating group) is 1. The average molecular weight is 502 g/mol. The molecule has 1 saturated heterocycles. The number of hydrogen-bond acceptors (Lipinski definition) is 5. The number of hydrogen-bond donors (Lipinski definition) is 0. The van der Waals surface area contributed by atoms with E-state index < -0.39 is 0 Å². The Morgan fingerprint density at radius 2 is 1.82 bits per heavy atom. The fourth-order valence-corrected chi connectivity index (χ4v) is 5.82. The van der Waals surface area contributed by atoms with E-state index in [-0.39, 0.29) is 5.91 Å². The molecule has 1 amide bonds. The minimum Gasteiger partial charge on any atom is -0.490 e. The molecule has 174 valence electrons. The monoisotopic (exact) mass is 501 g/mol. The van der Waals surface area contributed by atoms with E-state index in [9.17, 15) is 4.79 Å². The highest BCUT2D eigenvalue weighted by Crippen LogP contribution is 2.35. The maximum absolute atomic E-state index is 12.5. The molecule has 0 unspecified atom stereocenters. The molecule has 7 heteroatoms. The molecule has 4 rings (SSSR count). The standard InChI is InChI=1S/C26H28ClNO3S2/c1-2-28-25(29)24(33-26(28)32)17-20-16-21(27)10-13-23(20)31-15-14-30-22-11-8-19(9-12-22)18-6-4-3-5-7-18/h8-13,16-18H,2-7,14-15H2,1H3/b24-17-. The fraction of sp³-hybridized carbons (Fsp3) is 0.385. The minimum absolute atomic E-state index is 0.0848. The summed E-state index contributed by atoms with van der Waals surface area (Å²) in [4.78, 5) is 14.7. The van der Waals surface area contributed by atoms with E-state index in [2.05, 4.69) is 12.1 Å². The van der Waals surface area contributed by atoms with Gasteiger partial charge in [0, 0.05) is 17.1 Å². The van der Waals surface area contributed by atoms with Gasteiger partial charge in [-0.05, 0) is 67.7 Å². The Morgan fingerprint density at radius 3 is 2.52 bits per heavy atom. The minimum atomic E-state index is -0.0848. The van der Waals surface area contributed by atoms with E-state index in [0.717, 1.165) is 11.3 Å². The molecule has 1 heterocycles. The zero-order chi connectivity index (χ0) is 23.2. The molecular weight excluding hydrogens is 474 g/mol. The molecule has 1 saturated carbocycles. The highest BCUT2D eigenvalue weighted by molar-refractivity contribution is 8.26. The van der Waals surface area contributed by atoms with Crippen molar-refractivity contribution in [3.05, 3.63) is 63.5 Å². The summed E-state index contributed by atoms with van der Waals surface area (Å²) in [6.45, 7) is 3.26. The van der Waals surface area contributed by atoms with Gasteiger partial charge in [0.05, 0.1) is 4.91 Å². The summed E-state index contributed by atoms with van der Waals surface area (Å²) in [5.41, 5.74) is 2.16. The first kappa shape index (κ1) is 24.1. The van der Waals surface area contributed by atoms with Gasteiger partial charge in [0.1, 0.15) is 29.0 Å². The van der Waals surface area contributed by atoms with Crippen LogP contribution in [0, 0.1) is 0 Å². The maximum atomic E-state index is 12.5. The van der Waals surface area contributed by atoms with E-state index >= 15 is 0 Å². The lowest BCUT2D eigenvalue weighted by Gasteiger charge is -2.22. The Bertz CT molecular complexity index is 1030. The van der Waals surface area contributed by atoms with Crippen molar-refractivity contribution >= 4 is 51.9 Å². The fourth-order valence-electron chi connectivity index (χ4n) is 4.26. The van der Waals surface area contributed by atoms with Gasteiger partial charge in [-0.1, -0.05) is 67.0 Å². The van der Waals surface area contributed by atoms with Crippen LogP contribution >= 0.6 is 35.6 Å². The molecular formula is C26H28ClNO3S2. The van der Waals surface area contributed by atoms with Crippen molar-refractivity contribution in [2.75, 3.05) is 19.8 Å². The summed E-state index contributed by atoms with van der Waals surface area (Å²) in [5, 5.41) is 0.578. The maximum Gasteiger partial charge on any atom is 0.266 e. The van der Waals surface area contributed by atoms with Crippen LogP contribution in [0.5, 0.6) is 11.5 Å². The molecule has 4 nitrogen and oxygen atoms in total. The van der Waals surface area contributed by atoms with Crippen LogP contribution < -0.4 is 9.47 Å². The third-order valence-corrected chi connectivity index (χ3v) is 7.63. The van der Waals surface area contributed by atoms with Gasteiger partial charge in [0.25, 0.3) is 5.91 Å². The molecule has 0 spiro atoms. The number of ether oxygens (including phenoxy) is 2. The molecule has 2 aromatic carbocycles. The average Bonchev–Trinajstić information content (AvgIpc) is 3.10. The number of halogens is 1. The summed E-state index contributed by atoms with van der Waals surface area (Å²) in [6, 6.07) is 13.9. The van der Waals surface area contributed by atoms with Gasteiger partial charge in [-0.25, -0.2) is 0 Å². The van der Waals surface area contributed by atoms with Crippen LogP contribution in [-0.2, 0) is 4.79 Å². The largest absolute Gasteiger partial charge is 0.490 e. The molecule has 0 bridgehead atoms. The Hall–Kier alpha value is -2.02. The number of carbonyl (C=O) groups is 1. The van der Waals surface area contributed by atoms with Crippen molar-refractivity contribution in [2.45, 2.75) is 44.9 Å². The quantitative estimate of drug-likeness (QED) is 0.220. The summed E-state index contributed by atoms with van der Waals surface area (Å²) in [6.07, 6.45) is 8.41. The molecule has 0 N–H and O–H groups in total. The molecule has 2 aromatic rings. The van der Waals surface area contributed by atoms with Gasteiger partial charge in [0.2, 0.25) is 0 Å². The van der Waals surface area contributed by atoms with Crippen LogP contribution in [0.2, 0.25) is 5.02 Å². The number of amides is 1. The second-order valence-electron chi connectivity index (χ2n) is 8.21. The lowest BCUT2D eigenvalue weighted by Crippen LogP contribution is -2.27. The number of nitrogens with zero attached hydrogens (tertiary/aromatic N) is 1. The first-order valence-corrected chi connectivity index (χ1v) is 13.1. The Labute approximate surface area is 210 Å². The van der Waals surface area contributed by atoms with Gasteiger partial charge in [-0.15, -0.1) is 0 Å². The van der Waals surface area contributed by atoms with E-state index in [0.29, 0.717) is 45.7 Å². The molecule has 2 aliphatic rings. The van der Waals surface area contributed by atoms with Crippen LogP contribution in [0.4, 0.5) is 0 Å². The van der Waals surface area contributed by atoms with E-state index in [1.165, 1.54) is 49.4 Å². The molecule has 0 atom stereocenters. The Balaban J connectivity index is 1.34. The summed E-state index contributed by atoms with van der Waals surface area (Å²) < 4.78 is 12.4. The van der Waals surface area contributed by atoms with Crippen molar-refractivity contribution in [1.82, 2.24) is 4.90 Å². The van der Waals surface area contributed by atoms with Crippen LogP contribution in [-0.4, -0.2) is 34.9 Å². The smallest absolute Gasteiger partial charge is 0.266 e. The summed E-state index contributed by atoms with van der Waals surface area (Å²) >= 11 is 12.8. The van der Waals surface area contributed by atoms with E-state index in [1.807, 2.05) is 25.1 Å². The van der Waals surface area contributed by atoms with Crippen molar-refractivity contribution < 1.29 is 14.3 Å². The predicted molar refractivity (Wildman–Crippen MR) is 140 cm³/mol. The molecule has 1 aliphatic carbocycles. The topological polar surface area (TPSA) is 38.8 Å². The summed E-state index contributed by atoms with van der Waals surface area (Å²) in [7, 11) is 0. The SMILES string of the molecule is CCN1C(=O)/C(=C/c2cc(Cl)ccc2OCCOc2ccc(C3CCCCC3)cc2)SC1=S. The zero-order valence-corrected chi connectivity index (χ0v) is 21.1. The van der Waals surface area contributed by atoms with Gasteiger partial charge in [-0.3, -0.25) is 9.69 Å². The number of carbonyl (C=O) groups excluding carboxylic acids is 1. The van der Waals surface area contributed by atoms with Gasteiger partial charge >= 0.3 is 0 Å². The van der Waals surface area contributed by atoms with Crippen molar-refractivity contribution in [2.24, 2.45) is 0 Å². The van der Waals surface area contributed by atoms with E-state index in [1.54, 1.807) is 23.1 Å². The van der Waals surface area contributed by atoms with Crippen LogP contribution in [0.1, 0.15) is 56.1 Å². The number of benzene rings is 2. The first-order valence-electron chi connectivity index (χ1n) is 11.5. The second kappa shape index (κ2) is 11.4. The number of rotatable bonds is 8. The van der Waals surface area contributed by atoms with Crippen molar-refractivity contribution in [3.8, 4) is 11.5 Å². The first-order chi connectivity index (χ1) is 16.0. The van der Waals surface area contributed by atoms with Crippen molar-refractivity contribution in [3.63, 3.8) is 0 Å². The van der Waals surface area contributed by atoms with Gasteiger partial charge in [0.15, 0.2) is 0 Å². The molecule has 1 aliphatic heterocycles. The molecule has 0 aromatic heterocycles. The third-order valence-electron chi connectivity index (χ3n) is 6.01. The summed E-state index contributed by atoms with van der Waals surface area (Å²) in [5.74, 6) is 2.10. The van der Waals surface area contributed by atoms with Crippen LogP contribution in [0.3, 0.4) is 0 Å². The number of thiocarbonyl (C=S) groups is 1. The molecule has 2 fully saturated rings. The van der Waals surface area contributed by atoms with Gasteiger partial charge in [-0.2, -0.15) is 0 Å². The Kier molecular flexibility index (Phi) is 8.34. The second-order valence-corrected chi connectivity index (χ2v) is 10.3. The third kappa shape index (κ3) is 6.11. The number of thioether (sulfide) groups is 1. The normalized spacial score (nSPS) is 18.2. The van der Waals surface area contributed by atoms with Crippen LogP contribution in [0.15, 0.2) is 47.4 Å². The van der Waals surface area contributed by atoms with Crippen LogP contribution in [0.25, 0.3) is 6.08 Å². The van der Waals surface area contributed by atoms with E-state index in [4.69, 9.17) is 33.3 Å². The van der Waals surface area contributed by atoms with Gasteiger partial charge < -0.3 is 9.47 Å². The predicted octanol–water partition coefficient (Wildman–Crippen LogP) is 7.07.